The van der Waals surface area contributed by atoms with Crippen molar-refractivity contribution in [3.63, 3.8) is 0 Å². The number of benzene rings is 4. The summed E-state index contributed by atoms with van der Waals surface area (Å²) in [6.07, 6.45) is 0.202. The van der Waals surface area contributed by atoms with E-state index < -0.39 is 28.5 Å². The maximum absolute atomic E-state index is 14.6. The Balaban J connectivity index is 1.83. The molecule has 0 bridgehead atoms. The second-order valence-electron chi connectivity index (χ2n) is 10.9. The molecule has 49 heavy (non-hydrogen) atoms. The van der Waals surface area contributed by atoms with Gasteiger partial charge in [-0.15, -0.1) is 0 Å². The van der Waals surface area contributed by atoms with Gasteiger partial charge in [-0.2, -0.15) is 0 Å². The number of hydrogen-bond donors (Lipinski definition) is 1. The van der Waals surface area contributed by atoms with Gasteiger partial charge in [0, 0.05) is 25.6 Å². The summed E-state index contributed by atoms with van der Waals surface area (Å²) >= 11 is 0. The van der Waals surface area contributed by atoms with E-state index in [9.17, 15) is 18.0 Å². The van der Waals surface area contributed by atoms with Gasteiger partial charge in [0.2, 0.25) is 11.8 Å². The first-order valence-electron chi connectivity index (χ1n) is 15.9. The molecule has 4 aromatic rings. The smallest absolute Gasteiger partial charge is 0.264 e. The topological polar surface area (TPSA) is 124 Å². The van der Waals surface area contributed by atoms with Crippen LogP contribution in [0.25, 0.3) is 0 Å². The summed E-state index contributed by atoms with van der Waals surface area (Å²) in [6.45, 7) is 3.81. The molecule has 1 atom stereocenters. The van der Waals surface area contributed by atoms with E-state index in [1.807, 2.05) is 43.3 Å². The van der Waals surface area contributed by atoms with Gasteiger partial charge in [0.05, 0.1) is 38.5 Å². The van der Waals surface area contributed by atoms with Crippen LogP contribution in [-0.2, 0) is 32.6 Å². The normalized spacial score (nSPS) is 11.6. The molecule has 0 aliphatic heterocycles. The quantitative estimate of drug-likeness (QED) is 0.163. The van der Waals surface area contributed by atoms with Crippen LogP contribution >= 0.6 is 0 Å². The van der Waals surface area contributed by atoms with Gasteiger partial charge in [0.1, 0.15) is 24.1 Å². The molecular formula is C37H43N3O8S. The molecule has 1 N–H and O–H groups in total. The average Bonchev–Trinajstić information content (AvgIpc) is 3.12. The maximum Gasteiger partial charge on any atom is 0.264 e. The third-order valence-electron chi connectivity index (χ3n) is 7.77. The molecule has 0 radical (unpaired) electrons. The number of hydrogen-bond acceptors (Lipinski definition) is 8. The zero-order valence-corrected chi connectivity index (χ0v) is 29.2. The van der Waals surface area contributed by atoms with Crippen LogP contribution in [0.3, 0.4) is 0 Å². The predicted molar refractivity (Wildman–Crippen MR) is 188 cm³/mol. The van der Waals surface area contributed by atoms with Gasteiger partial charge in [0.15, 0.2) is 11.5 Å². The van der Waals surface area contributed by atoms with Crippen LogP contribution in [0.5, 0.6) is 23.0 Å². The number of sulfonamides is 1. The van der Waals surface area contributed by atoms with E-state index >= 15 is 0 Å². The summed E-state index contributed by atoms with van der Waals surface area (Å²) in [5.41, 5.74) is 1.76. The van der Waals surface area contributed by atoms with E-state index in [4.69, 9.17) is 18.9 Å². The first-order valence-corrected chi connectivity index (χ1v) is 17.3. The lowest BCUT2D eigenvalue weighted by molar-refractivity contribution is -0.140. The predicted octanol–water partition coefficient (Wildman–Crippen LogP) is 5.08. The molecule has 4 aromatic carbocycles. The lowest BCUT2D eigenvalue weighted by Crippen LogP contribution is -2.53. The number of carbonyl (C=O) groups excluding carboxylic acids is 2. The van der Waals surface area contributed by atoms with Crippen LogP contribution in [0.15, 0.2) is 102 Å². The van der Waals surface area contributed by atoms with Crippen molar-refractivity contribution in [2.45, 2.75) is 37.8 Å². The van der Waals surface area contributed by atoms with Gasteiger partial charge in [-0.1, -0.05) is 42.5 Å². The SMILES string of the molecule is CCNC(=O)[C@H](Cc1ccccc1)N(Cc1cccc(OC)c1)C(=O)CN(c1ccc(OCC)cc1)S(=O)(=O)c1ccc(OC)c(OC)c1. The molecule has 12 heteroatoms. The Hall–Kier alpha value is -5.23. The summed E-state index contributed by atoms with van der Waals surface area (Å²) in [6, 6.07) is 26.2. The molecule has 0 aliphatic rings. The van der Waals surface area contributed by atoms with Crippen LogP contribution in [0.2, 0.25) is 0 Å². The third-order valence-corrected chi connectivity index (χ3v) is 9.54. The minimum absolute atomic E-state index is 0.0121. The lowest BCUT2D eigenvalue weighted by Gasteiger charge is -2.34. The number of methoxy groups -OCH3 is 3. The number of anilines is 1. The van der Waals surface area contributed by atoms with Gasteiger partial charge in [-0.05, 0) is 73.5 Å². The van der Waals surface area contributed by atoms with Crippen molar-refractivity contribution in [1.29, 1.82) is 0 Å². The zero-order chi connectivity index (χ0) is 35.4. The van der Waals surface area contributed by atoms with Crippen molar-refractivity contribution < 1.29 is 37.0 Å². The van der Waals surface area contributed by atoms with E-state index in [0.717, 1.165) is 9.87 Å². The summed E-state index contributed by atoms with van der Waals surface area (Å²) in [4.78, 5) is 29.7. The Kier molecular flexibility index (Phi) is 12.9. The second-order valence-corrected chi connectivity index (χ2v) is 12.8. The molecule has 0 saturated carbocycles. The number of carbonyl (C=O) groups is 2. The highest BCUT2D eigenvalue weighted by Crippen LogP contribution is 2.33. The summed E-state index contributed by atoms with van der Waals surface area (Å²) in [5, 5.41) is 2.86. The maximum atomic E-state index is 14.6. The van der Waals surface area contributed by atoms with Crippen molar-refractivity contribution in [2.75, 3.05) is 45.3 Å². The molecular weight excluding hydrogens is 646 g/mol. The number of rotatable bonds is 17. The largest absolute Gasteiger partial charge is 0.497 e. The minimum Gasteiger partial charge on any atom is -0.497 e. The highest BCUT2D eigenvalue weighted by Gasteiger charge is 2.35. The zero-order valence-electron chi connectivity index (χ0n) is 28.4. The van der Waals surface area contributed by atoms with Gasteiger partial charge in [-0.25, -0.2) is 8.42 Å². The summed E-state index contributed by atoms with van der Waals surface area (Å²) < 4.78 is 51.6. The highest BCUT2D eigenvalue weighted by molar-refractivity contribution is 7.92. The summed E-state index contributed by atoms with van der Waals surface area (Å²) in [7, 11) is 0.0314. The van der Waals surface area contributed by atoms with E-state index in [2.05, 4.69) is 5.32 Å². The van der Waals surface area contributed by atoms with Crippen molar-refractivity contribution in [3.05, 3.63) is 108 Å². The molecule has 0 spiro atoms. The molecule has 0 aromatic heterocycles. The molecule has 2 amide bonds. The Morgan fingerprint density at radius 1 is 0.755 bits per heavy atom. The molecule has 0 aliphatic carbocycles. The van der Waals surface area contributed by atoms with Crippen LogP contribution in [-0.4, -0.2) is 72.2 Å². The fourth-order valence-corrected chi connectivity index (χ4v) is 6.75. The fourth-order valence-electron chi connectivity index (χ4n) is 5.32. The molecule has 260 valence electrons. The van der Waals surface area contributed by atoms with E-state index in [-0.39, 0.29) is 35.2 Å². The van der Waals surface area contributed by atoms with Gasteiger partial charge < -0.3 is 29.2 Å². The van der Waals surface area contributed by atoms with E-state index in [1.54, 1.807) is 56.5 Å². The standard InChI is InChI=1S/C37H43N3O8S/c1-6-38-37(42)33(23-27-12-9-8-10-13-27)39(25-28-14-11-15-31(22-28)45-3)36(41)26-40(29-16-18-30(19-17-29)48-7-2)49(43,44)32-20-21-34(46-4)35(24-32)47-5/h8-22,24,33H,6-7,23,25-26H2,1-5H3,(H,38,42)/t33-/m0/s1. The number of nitrogens with one attached hydrogen (secondary N) is 1. The second kappa shape index (κ2) is 17.3. The minimum atomic E-state index is -4.38. The average molecular weight is 690 g/mol. The van der Waals surface area contributed by atoms with Crippen molar-refractivity contribution in [3.8, 4) is 23.0 Å². The first kappa shape index (κ1) is 36.6. The highest BCUT2D eigenvalue weighted by atomic mass is 32.2. The molecule has 0 heterocycles. The van der Waals surface area contributed by atoms with Crippen molar-refractivity contribution in [2.24, 2.45) is 0 Å². The van der Waals surface area contributed by atoms with E-state index in [0.29, 0.717) is 36.0 Å². The summed E-state index contributed by atoms with van der Waals surface area (Å²) in [5.74, 6) is 0.723. The van der Waals surface area contributed by atoms with Crippen LogP contribution in [0.1, 0.15) is 25.0 Å². The number of nitrogens with zero attached hydrogens (tertiary/aromatic N) is 2. The van der Waals surface area contributed by atoms with Gasteiger partial charge >= 0.3 is 0 Å². The monoisotopic (exact) mass is 689 g/mol. The number of amides is 2. The Morgan fingerprint density at radius 3 is 2.08 bits per heavy atom. The number of likely N-dealkylation sites (N-methyl/N-ethyl adjacent to an activating group) is 1. The van der Waals surface area contributed by atoms with Gasteiger partial charge in [0.25, 0.3) is 10.0 Å². The van der Waals surface area contributed by atoms with Gasteiger partial charge in [-0.3, -0.25) is 13.9 Å². The Labute approximate surface area is 288 Å². The Bertz CT molecular complexity index is 1800. The fraction of sp³-hybridized carbons (Fsp3) is 0.297. The lowest BCUT2D eigenvalue weighted by atomic mass is 10.0. The van der Waals surface area contributed by atoms with Crippen molar-refractivity contribution >= 4 is 27.5 Å². The molecule has 0 fully saturated rings. The van der Waals surface area contributed by atoms with Crippen LogP contribution < -0.4 is 28.6 Å². The first-order chi connectivity index (χ1) is 23.6. The third kappa shape index (κ3) is 9.23. The van der Waals surface area contributed by atoms with Crippen molar-refractivity contribution in [1.82, 2.24) is 10.2 Å². The molecule has 0 saturated heterocycles. The molecule has 4 rings (SSSR count). The van der Waals surface area contributed by atoms with Crippen LogP contribution in [0.4, 0.5) is 5.69 Å². The number of ether oxygens (including phenoxy) is 4. The Morgan fingerprint density at radius 2 is 1.45 bits per heavy atom. The van der Waals surface area contributed by atoms with Crippen LogP contribution in [0, 0.1) is 0 Å². The van der Waals surface area contributed by atoms with E-state index in [1.165, 1.54) is 37.3 Å². The molecule has 11 nitrogen and oxygen atoms in total. The molecule has 0 unspecified atom stereocenters.